The summed E-state index contributed by atoms with van der Waals surface area (Å²) in [5.74, 6) is -2.65. The molecule has 66 heavy (non-hydrogen) atoms. The summed E-state index contributed by atoms with van der Waals surface area (Å²) >= 11 is 0. The van der Waals surface area contributed by atoms with E-state index in [-0.39, 0.29) is 11.4 Å². The molecule has 0 unspecified atom stereocenters. The minimum Gasteiger partial charge on any atom is -0.307 e. The maximum absolute atomic E-state index is 16.6. The Labute approximate surface area is 385 Å². The Morgan fingerprint density at radius 1 is 0.333 bits per heavy atom. The Morgan fingerprint density at radius 3 is 1.09 bits per heavy atom. The van der Waals surface area contributed by atoms with E-state index in [1.807, 2.05) is 131 Å². The quantitative estimate of drug-likeness (QED) is 0.0766. The van der Waals surface area contributed by atoms with E-state index in [4.69, 9.17) is 0 Å². The monoisotopic (exact) mass is 904 g/mol. The molecule has 10 aromatic rings. The van der Waals surface area contributed by atoms with Gasteiger partial charge >= 0.3 is 0 Å². The molecule has 10 aromatic carbocycles. The summed E-state index contributed by atoms with van der Waals surface area (Å²) in [6, 6.07) is 56.6. The third-order valence-electron chi connectivity index (χ3n) is 12.8. The fraction of sp³-hybridized carbons (Fsp3) is 0.103. The second-order valence-corrected chi connectivity index (χ2v) is 29.3. The van der Waals surface area contributed by atoms with Crippen molar-refractivity contribution in [1.82, 2.24) is 0 Å². The van der Waals surface area contributed by atoms with Crippen LogP contribution in [0.15, 0.2) is 182 Å². The van der Waals surface area contributed by atoms with Gasteiger partial charge < -0.3 is 9.80 Å². The van der Waals surface area contributed by atoms with Gasteiger partial charge in [-0.1, -0.05) is 171 Å². The van der Waals surface area contributed by atoms with Crippen molar-refractivity contribution in [1.29, 1.82) is 0 Å². The van der Waals surface area contributed by atoms with Gasteiger partial charge in [-0.3, -0.25) is 0 Å². The van der Waals surface area contributed by atoms with E-state index in [0.717, 1.165) is 44.5 Å². The Hall–Kier alpha value is -7.01. The molecule has 0 atom stereocenters. The predicted molar refractivity (Wildman–Crippen MR) is 276 cm³/mol. The summed E-state index contributed by atoms with van der Waals surface area (Å²) < 4.78 is 65.3. The number of hydrogen-bond acceptors (Lipinski definition) is 2. The van der Waals surface area contributed by atoms with Crippen molar-refractivity contribution < 1.29 is 17.6 Å². The highest BCUT2D eigenvalue weighted by molar-refractivity contribution is 6.89. The van der Waals surface area contributed by atoms with Gasteiger partial charge in [-0.25, -0.2) is 17.6 Å². The topological polar surface area (TPSA) is 6.48 Å². The van der Waals surface area contributed by atoms with Crippen LogP contribution in [0.4, 0.5) is 51.7 Å². The maximum Gasteiger partial charge on any atom is 0.150 e. The van der Waals surface area contributed by atoms with Crippen LogP contribution in [0.2, 0.25) is 39.3 Å². The first-order valence-electron chi connectivity index (χ1n) is 22.3. The van der Waals surface area contributed by atoms with Gasteiger partial charge in [-0.15, -0.1) is 0 Å². The summed E-state index contributed by atoms with van der Waals surface area (Å²) in [6.07, 6.45) is 0. The third-order valence-corrected chi connectivity index (χ3v) is 16.8. The number of anilines is 6. The fourth-order valence-corrected chi connectivity index (χ4v) is 11.7. The molecule has 0 fully saturated rings. The van der Waals surface area contributed by atoms with Gasteiger partial charge in [-0.2, -0.15) is 0 Å². The number of rotatable bonds is 10. The fourth-order valence-electron chi connectivity index (χ4n) is 9.30. The molecule has 0 aliphatic rings. The Kier molecular flexibility index (Phi) is 10.7. The normalized spacial score (nSPS) is 12.1. The van der Waals surface area contributed by atoms with E-state index < -0.39 is 39.4 Å². The van der Waals surface area contributed by atoms with Crippen molar-refractivity contribution in [2.24, 2.45) is 0 Å². The number of benzene rings is 10. The number of nitrogens with zero attached hydrogens (tertiary/aromatic N) is 2. The van der Waals surface area contributed by atoms with Gasteiger partial charge in [0.1, 0.15) is 23.3 Å². The van der Waals surface area contributed by atoms with Gasteiger partial charge in [0.25, 0.3) is 0 Å². The minimum atomic E-state index is -1.75. The van der Waals surface area contributed by atoms with Crippen LogP contribution in [0, 0.1) is 23.3 Å². The molecule has 0 heterocycles. The zero-order valence-corrected chi connectivity index (χ0v) is 39.7. The van der Waals surface area contributed by atoms with E-state index in [1.165, 1.54) is 10.4 Å². The van der Waals surface area contributed by atoms with Gasteiger partial charge in [-0.05, 0) is 81.2 Å². The SMILES string of the molecule is C[Si](C)(C)c1cccc(-c2cc(N(c3ccccc3)c3ccc4ccc5c(N(c6ccccc6)c6cc(-c7cccc([Si](C)(C)C)c7)c(F)cc6F)ccc6ccc3c4c65)c(F)cc2F)c1. The van der Waals surface area contributed by atoms with Gasteiger partial charge in [0.15, 0.2) is 0 Å². The van der Waals surface area contributed by atoms with Crippen LogP contribution in [0.5, 0.6) is 0 Å². The van der Waals surface area contributed by atoms with E-state index in [0.29, 0.717) is 45.0 Å². The molecule has 2 nitrogen and oxygen atoms in total. The van der Waals surface area contributed by atoms with Crippen LogP contribution in [-0.4, -0.2) is 16.1 Å². The van der Waals surface area contributed by atoms with Crippen molar-refractivity contribution in [3.05, 3.63) is 205 Å². The zero-order chi connectivity index (χ0) is 46.1. The summed E-state index contributed by atoms with van der Waals surface area (Å²) in [6.45, 7) is 13.5. The van der Waals surface area contributed by atoms with Crippen molar-refractivity contribution in [3.8, 4) is 22.3 Å². The van der Waals surface area contributed by atoms with E-state index in [2.05, 4.69) is 75.7 Å². The Morgan fingerprint density at radius 2 is 0.712 bits per heavy atom. The van der Waals surface area contributed by atoms with E-state index >= 15 is 17.6 Å². The second-order valence-electron chi connectivity index (χ2n) is 19.2. The zero-order valence-electron chi connectivity index (χ0n) is 37.7. The standard InChI is InChI=1S/C58H48F4N2Si2/c1-65(2,3)43-21-13-15-39(31-43)47-33-55(51(61)35-49(47)59)63(41-17-9-7-10-18-41)53-29-25-37-24-28-46-54(30-26-38-23-27-45(53)57(37)58(38)46)64(42-19-11-8-12-20-42)56-34-48(50(60)36-52(56)62)40-16-14-22-44(32-40)66(4,5)6/h7-36H,1-6H3. The largest absolute Gasteiger partial charge is 0.307 e. The first kappa shape index (κ1) is 42.9. The highest BCUT2D eigenvalue weighted by Crippen LogP contribution is 2.49. The molecule has 326 valence electrons. The van der Waals surface area contributed by atoms with Gasteiger partial charge in [0, 0.05) is 45.4 Å². The lowest BCUT2D eigenvalue weighted by atomic mass is 9.91. The van der Waals surface area contributed by atoms with E-state index in [1.54, 1.807) is 12.1 Å². The number of para-hydroxylation sites is 2. The molecule has 0 N–H and O–H groups in total. The summed E-state index contributed by atoms with van der Waals surface area (Å²) in [4.78, 5) is 3.74. The molecular weight excluding hydrogens is 857 g/mol. The molecule has 0 spiro atoms. The van der Waals surface area contributed by atoms with Crippen molar-refractivity contribution >= 4 is 93.0 Å². The molecule has 0 radical (unpaired) electrons. The molecule has 0 aliphatic heterocycles. The molecule has 10 rings (SSSR count). The van der Waals surface area contributed by atoms with Crippen LogP contribution in [0.1, 0.15) is 0 Å². The first-order valence-corrected chi connectivity index (χ1v) is 29.3. The summed E-state index contributed by atoms with van der Waals surface area (Å²) in [5, 5.41) is 7.85. The summed E-state index contributed by atoms with van der Waals surface area (Å²) in [5.41, 5.74) is 5.24. The lowest BCUT2D eigenvalue weighted by Gasteiger charge is -2.30. The molecular formula is C58H48F4N2Si2. The van der Waals surface area contributed by atoms with E-state index in [9.17, 15) is 0 Å². The average molecular weight is 905 g/mol. The van der Waals surface area contributed by atoms with Crippen molar-refractivity contribution in [2.45, 2.75) is 39.3 Å². The third kappa shape index (κ3) is 7.63. The average Bonchev–Trinajstić information content (AvgIpc) is 3.30. The van der Waals surface area contributed by atoms with Crippen LogP contribution in [-0.2, 0) is 0 Å². The number of hydrogen-bond donors (Lipinski definition) is 0. The molecule has 0 bridgehead atoms. The highest BCUT2D eigenvalue weighted by atomic mass is 28.3. The second kappa shape index (κ2) is 16.5. The first-order chi connectivity index (χ1) is 31.7. The summed E-state index contributed by atoms with van der Waals surface area (Å²) in [7, 11) is -3.50. The molecule has 0 aliphatic carbocycles. The van der Waals surface area contributed by atoms with Gasteiger partial charge in [0.05, 0.1) is 38.9 Å². The molecule has 0 saturated heterocycles. The van der Waals surface area contributed by atoms with Crippen molar-refractivity contribution in [2.75, 3.05) is 9.80 Å². The molecule has 0 aromatic heterocycles. The highest BCUT2D eigenvalue weighted by Gasteiger charge is 2.27. The van der Waals surface area contributed by atoms with Gasteiger partial charge in [0.2, 0.25) is 0 Å². The smallest absolute Gasteiger partial charge is 0.150 e. The predicted octanol–water partition coefficient (Wildman–Crippen LogP) is 16.5. The van der Waals surface area contributed by atoms with Crippen LogP contribution in [0.3, 0.4) is 0 Å². The Balaban J connectivity index is 1.19. The minimum absolute atomic E-state index is 0.208. The van der Waals surface area contributed by atoms with Crippen LogP contribution in [0.25, 0.3) is 54.6 Å². The molecule has 0 amide bonds. The molecule has 8 heteroatoms. The lowest BCUT2D eigenvalue weighted by molar-refractivity contribution is 0.586. The van der Waals surface area contributed by atoms with Crippen molar-refractivity contribution in [3.63, 3.8) is 0 Å². The molecule has 0 saturated carbocycles. The Bertz CT molecular complexity index is 3220. The number of halogens is 4. The lowest BCUT2D eigenvalue weighted by Crippen LogP contribution is -2.37. The maximum atomic E-state index is 16.6. The van der Waals surface area contributed by atoms with Crippen LogP contribution < -0.4 is 20.2 Å². The van der Waals surface area contributed by atoms with Crippen LogP contribution >= 0.6 is 0 Å².